The van der Waals surface area contributed by atoms with Gasteiger partial charge < -0.3 is 4.90 Å². The summed E-state index contributed by atoms with van der Waals surface area (Å²) < 4.78 is 1.18. The predicted molar refractivity (Wildman–Crippen MR) is 64.9 cm³/mol. The van der Waals surface area contributed by atoms with Crippen LogP contribution in [-0.2, 0) is 0 Å². The SMILES string of the molecule is Cc1ccc(Br)cc1N1CCCC1C. The van der Waals surface area contributed by atoms with E-state index in [0.717, 1.165) is 0 Å². The summed E-state index contributed by atoms with van der Waals surface area (Å²) in [4.78, 5) is 2.51. The van der Waals surface area contributed by atoms with Gasteiger partial charge in [0.1, 0.15) is 0 Å². The summed E-state index contributed by atoms with van der Waals surface area (Å²) in [5, 5.41) is 0. The summed E-state index contributed by atoms with van der Waals surface area (Å²) in [5.74, 6) is 0. The van der Waals surface area contributed by atoms with E-state index >= 15 is 0 Å². The summed E-state index contributed by atoms with van der Waals surface area (Å²) in [6.07, 6.45) is 2.65. The number of hydrogen-bond donors (Lipinski definition) is 0. The van der Waals surface area contributed by atoms with E-state index in [2.05, 4.69) is 52.9 Å². The molecule has 0 amide bonds. The molecule has 0 saturated carbocycles. The highest BCUT2D eigenvalue weighted by Gasteiger charge is 2.21. The van der Waals surface area contributed by atoms with Crippen LogP contribution in [-0.4, -0.2) is 12.6 Å². The highest BCUT2D eigenvalue weighted by Crippen LogP contribution is 2.30. The Morgan fingerprint density at radius 3 is 2.86 bits per heavy atom. The van der Waals surface area contributed by atoms with Gasteiger partial charge in [0.15, 0.2) is 0 Å². The average Bonchev–Trinajstić information content (AvgIpc) is 2.56. The first-order valence-electron chi connectivity index (χ1n) is 5.21. The van der Waals surface area contributed by atoms with Crippen molar-refractivity contribution in [1.82, 2.24) is 0 Å². The zero-order valence-corrected chi connectivity index (χ0v) is 10.3. The molecule has 1 aromatic rings. The fraction of sp³-hybridized carbons (Fsp3) is 0.500. The summed E-state index contributed by atoms with van der Waals surface area (Å²) in [6, 6.07) is 7.23. The molecule has 2 rings (SSSR count). The quantitative estimate of drug-likeness (QED) is 0.737. The maximum absolute atomic E-state index is 3.54. The standard InChI is InChI=1S/C12H16BrN/c1-9-5-6-11(13)8-12(9)14-7-3-4-10(14)2/h5-6,8,10H,3-4,7H2,1-2H3. The van der Waals surface area contributed by atoms with Gasteiger partial charge in [-0.1, -0.05) is 22.0 Å². The average molecular weight is 254 g/mol. The molecule has 1 nitrogen and oxygen atoms in total. The van der Waals surface area contributed by atoms with E-state index in [9.17, 15) is 0 Å². The molecule has 1 unspecified atom stereocenters. The molecule has 2 heteroatoms. The van der Waals surface area contributed by atoms with Crippen molar-refractivity contribution < 1.29 is 0 Å². The molecule has 1 atom stereocenters. The van der Waals surface area contributed by atoms with Gasteiger partial charge in [-0.25, -0.2) is 0 Å². The van der Waals surface area contributed by atoms with Gasteiger partial charge in [0.05, 0.1) is 0 Å². The van der Waals surface area contributed by atoms with Gasteiger partial charge in [-0.3, -0.25) is 0 Å². The van der Waals surface area contributed by atoms with E-state index < -0.39 is 0 Å². The van der Waals surface area contributed by atoms with Crippen LogP contribution >= 0.6 is 15.9 Å². The molecule has 1 aromatic carbocycles. The molecular weight excluding hydrogens is 238 g/mol. The number of benzene rings is 1. The highest BCUT2D eigenvalue weighted by atomic mass is 79.9. The fourth-order valence-corrected chi connectivity index (χ4v) is 2.53. The van der Waals surface area contributed by atoms with Gasteiger partial charge in [-0.15, -0.1) is 0 Å². The Bertz CT molecular complexity index is 335. The Morgan fingerprint density at radius 1 is 1.43 bits per heavy atom. The summed E-state index contributed by atoms with van der Waals surface area (Å²) in [5.41, 5.74) is 2.77. The van der Waals surface area contributed by atoms with Gasteiger partial charge in [0.25, 0.3) is 0 Å². The third-order valence-corrected chi connectivity index (χ3v) is 3.53. The minimum Gasteiger partial charge on any atom is -0.369 e. The minimum absolute atomic E-state index is 0.697. The minimum atomic E-state index is 0.697. The lowest BCUT2D eigenvalue weighted by atomic mass is 10.1. The Labute approximate surface area is 94.2 Å². The maximum atomic E-state index is 3.54. The van der Waals surface area contributed by atoms with E-state index in [1.54, 1.807) is 0 Å². The molecule has 0 bridgehead atoms. The van der Waals surface area contributed by atoms with Crippen molar-refractivity contribution in [1.29, 1.82) is 0 Å². The number of anilines is 1. The van der Waals surface area contributed by atoms with Crippen molar-refractivity contribution in [3.63, 3.8) is 0 Å². The molecule has 14 heavy (non-hydrogen) atoms. The topological polar surface area (TPSA) is 3.24 Å². The van der Waals surface area contributed by atoms with Crippen LogP contribution in [0.15, 0.2) is 22.7 Å². The molecular formula is C12H16BrN. The first-order chi connectivity index (χ1) is 6.68. The Balaban J connectivity index is 2.34. The Morgan fingerprint density at radius 2 is 2.21 bits per heavy atom. The Kier molecular flexibility index (Phi) is 2.82. The van der Waals surface area contributed by atoms with E-state index in [-0.39, 0.29) is 0 Å². The fourth-order valence-electron chi connectivity index (χ4n) is 2.18. The van der Waals surface area contributed by atoms with Crippen LogP contribution in [0.25, 0.3) is 0 Å². The first kappa shape index (κ1) is 10.0. The van der Waals surface area contributed by atoms with Gasteiger partial charge in [-0.2, -0.15) is 0 Å². The van der Waals surface area contributed by atoms with Crippen molar-refractivity contribution >= 4 is 21.6 Å². The van der Waals surface area contributed by atoms with Gasteiger partial charge in [0.2, 0.25) is 0 Å². The van der Waals surface area contributed by atoms with Gasteiger partial charge in [-0.05, 0) is 44.4 Å². The molecule has 0 aromatic heterocycles. The smallest absolute Gasteiger partial charge is 0.0409 e. The summed E-state index contributed by atoms with van der Waals surface area (Å²) in [6.45, 7) is 5.71. The van der Waals surface area contributed by atoms with Crippen LogP contribution in [0.4, 0.5) is 5.69 Å². The normalized spacial score (nSPS) is 21.6. The second-order valence-corrected chi connectivity index (χ2v) is 5.03. The maximum Gasteiger partial charge on any atom is 0.0409 e. The van der Waals surface area contributed by atoms with Gasteiger partial charge in [0, 0.05) is 22.7 Å². The van der Waals surface area contributed by atoms with Crippen molar-refractivity contribution in [3.05, 3.63) is 28.2 Å². The van der Waals surface area contributed by atoms with Crippen LogP contribution in [0, 0.1) is 6.92 Å². The third-order valence-electron chi connectivity index (χ3n) is 3.03. The molecule has 0 spiro atoms. The molecule has 76 valence electrons. The van der Waals surface area contributed by atoms with Crippen molar-refractivity contribution in [2.24, 2.45) is 0 Å². The Hall–Kier alpha value is -0.500. The van der Waals surface area contributed by atoms with Crippen LogP contribution < -0.4 is 4.90 Å². The van der Waals surface area contributed by atoms with Crippen molar-refractivity contribution in [2.45, 2.75) is 32.7 Å². The summed E-state index contributed by atoms with van der Waals surface area (Å²) in [7, 11) is 0. The van der Waals surface area contributed by atoms with E-state index in [1.165, 1.54) is 35.1 Å². The van der Waals surface area contributed by atoms with E-state index in [4.69, 9.17) is 0 Å². The first-order valence-corrected chi connectivity index (χ1v) is 6.00. The molecule has 1 saturated heterocycles. The molecule has 1 aliphatic heterocycles. The van der Waals surface area contributed by atoms with Crippen molar-refractivity contribution in [2.75, 3.05) is 11.4 Å². The number of aryl methyl sites for hydroxylation is 1. The third kappa shape index (κ3) is 1.81. The van der Waals surface area contributed by atoms with Gasteiger partial charge >= 0.3 is 0 Å². The number of hydrogen-bond acceptors (Lipinski definition) is 1. The molecule has 0 N–H and O–H groups in total. The summed E-state index contributed by atoms with van der Waals surface area (Å²) >= 11 is 3.54. The second-order valence-electron chi connectivity index (χ2n) is 4.12. The van der Waals surface area contributed by atoms with Crippen LogP contribution in [0.2, 0.25) is 0 Å². The lowest BCUT2D eigenvalue weighted by Gasteiger charge is -2.25. The molecule has 0 aliphatic carbocycles. The zero-order chi connectivity index (χ0) is 10.1. The van der Waals surface area contributed by atoms with Crippen LogP contribution in [0.5, 0.6) is 0 Å². The second kappa shape index (κ2) is 3.93. The molecule has 0 radical (unpaired) electrons. The van der Waals surface area contributed by atoms with Crippen LogP contribution in [0.3, 0.4) is 0 Å². The largest absolute Gasteiger partial charge is 0.369 e. The predicted octanol–water partition coefficient (Wildman–Crippen LogP) is 3.75. The molecule has 1 heterocycles. The lowest BCUT2D eigenvalue weighted by molar-refractivity contribution is 0.733. The van der Waals surface area contributed by atoms with E-state index in [0.29, 0.717) is 6.04 Å². The number of nitrogens with zero attached hydrogens (tertiary/aromatic N) is 1. The molecule has 1 fully saturated rings. The number of rotatable bonds is 1. The number of halogens is 1. The monoisotopic (exact) mass is 253 g/mol. The lowest BCUT2D eigenvalue weighted by Crippen LogP contribution is -2.26. The van der Waals surface area contributed by atoms with Crippen LogP contribution in [0.1, 0.15) is 25.3 Å². The van der Waals surface area contributed by atoms with Crippen molar-refractivity contribution in [3.8, 4) is 0 Å². The highest BCUT2D eigenvalue weighted by molar-refractivity contribution is 9.10. The zero-order valence-electron chi connectivity index (χ0n) is 8.76. The van der Waals surface area contributed by atoms with E-state index in [1.807, 2.05) is 0 Å². The molecule has 1 aliphatic rings.